The molecule has 0 bridgehead atoms. The van der Waals surface area contributed by atoms with E-state index in [0.717, 1.165) is 0 Å². The molecule has 0 aromatic carbocycles. The van der Waals surface area contributed by atoms with Gasteiger partial charge in [-0.05, 0) is 19.9 Å². The van der Waals surface area contributed by atoms with Gasteiger partial charge in [-0.3, -0.25) is 4.55 Å². The number of hydrogen-bond donors (Lipinski definition) is 1. The van der Waals surface area contributed by atoms with Gasteiger partial charge in [-0.2, -0.15) is 18.4 Å². The van der Waals surface area contributed by atoms with Crippen LogP contribution in [0.2, 0.25) is 0 Å². The molecule has 0 radical (unpaired) electrons. The van der Waals surface area contributed by atoms with Crippen molar-refractivity contribution in [1.82, 2.24) is 9.97 Å². The Morgan fingerprint density at radius 3 is 2.07 bits per heavy atom. The number of hydrogen-bond acceptors (Lipinski definition) is 5. The summed E-state index contributed by atoms with van der Waals surface area (Å²) in [5.74, 6) is 0. The Labute approximate surface area is 81.0 Å². The zero-order chi connectivity index (χ0) is 10.1. The van der Waals surface area contributed by atoms with Gasteiger partial charge in [0.15, 0.2) is 0 Å². The van der Waals surface area contributed by atoms with Crippen molar-refractivity contribution < 1.29 is 22.6 Å². The van der Waals surface area contributed by atoms with Gasteiger partial charge in [0.05, 0.1) is 0 Å². The largest absolute Gasteiger partial charge is 0.449 e. The molecule has 0 amide bonds. The maximum absolute atomic E-state index is 10.3. The minimum Gasteiger partial charge on any atom is -0.412 e. The van der Waals surface area contributed by atoms with E-state index in [2.05, 4.69) is 14.2 Å². The second-order valence-corrected chi connectivity index (χ2v) is 3.47. The van der Waals surface area contributed by atoms with Gasteiger partial charge < -0.3 is 9.66 Å². The molecular formula is C6H10N2O5S. The first-order chi connectivity index (χ1) is 5.87. The molecule has 0 spiro atoms. The van der Waals surface area contributed by atoms with Crippen molar-refractivity contribution in [2.75, 3.05) is 0 Å². The van der Waals surface area contributed by atoms with Gasteiger partial charge >= 0.3 is 16.4 Å². The molecule has 0 saturated heterocycles. The molecule has 1 heterocycles. The highest BCUT2D eigenvalue weighted by atomic mass is 32.3. The van der Waals surface area contributed by atoms with Gasteiger partial charge in [0.1, 0.15) is 0 Å². The third-order valence-corrected chi connectivity index (χ3v) is 1.50. The summed E-state index contributed by atoms with van der Waals surface area (Å²) in [5.41, 5.74) is 1.12. The van der Waals surface area contributed by atoms with E-state index in [0.29, 0.717) is 11.4 Å². The average Bonchev–Trinajstić information content (AvgIpc) is 1.78. The van der Waals surface area contributed by atoms with Crippen LogP contribution in [-0.4, -0.2) is 28.4 Å². The van der Waals surface area contributed by atoms with Crippen molar-refractivity contribution in [1.29, 1.82) is 0 Å². The monoisotopic (exact) mass is 222 g/mol. The maximum atomic E-state index is 10.3. The summed E-state index contributed by atoms with van der Waals surface area (Å²) in [6.07, 6.45) is 0. The number of nitrogens with zero attached hydrogens (tertiary/aromatic N) is 2. The van der Waals surface area contributed by atoms with Crippen molar-refractivity contribution in [3.63, 3.8) is 0 Å². The van der Waals surface area contributed by atoms with Crippen molar-refractivity contribution in [3.05, 3.63) is 17.5 Å². The van der Waals surface area contributed by atoms with Crippen LogP contribution in [0.5, 0.6) is 6.01 Å². The first-order valence-corrected chi connectivity index (χ1v) is 4.72. The minimum atomic E-state index is -4.54. The molecule has 0 unspecified atom stereocenters. The SMILES string of the molecule is Cc1cc(C)nc(OS(=O)(=O)O)n1.O. The highest BCUT2D eigenvalue weighted by Crippen LogP contribution is 2.07. The van der Waals surface area contributed by atoms with E-state index >= 15 is 0 Å². The molecule has 14 heavy (non-hydrogen) atoms. The molecule has 0 aliphatic rings. The standard InChI is InChI=1S/C6H8N2O4S.H2O/c1-4-3-5(2)8-6(7-4)12-13(9,10)11;/h3H,1-2H3,(H,9,10,11);1H2. The molecule has 1 aromatic rings. The Kier molecular flexibility index (Phi) is 3.93. The van der Waals surface area contributed by atoms with Crippen molar-refractivity contribution >= 4 is 10.4 Å². The topological polar surface area (TPSA) is 121 Å². The van der Waals surface area contributed by atoms with E-state index in [1.807, 2.05) is 0 Å². The first-order valence-electron chi connectivity index (χ1n) is 3.36. The molecule has 0 saturated carbocycles. The average molecular weight is 222 g/mol. The van der Waals surface area contributed by atoms with Crippen LogP contribution in [0.4, 0.5) is 0 Å². The van der Waals surface area contributed by atoms with Gasteiger partial charge in [0.2, 0.25) is 0 Å². The predicted molar refractivity (Wildman–Crippen MR) is 47.3 cm³/mol. The fourth-order valence-corrected chi connectivity index (χ4v) is 1.09. The first kappa shape index (κ1) is 12.8. The molecule has 1 aromatic heterocycles. The number of rotatable bonds is 2. The summed E-state index contributed by atoms with van der Waals surface area (Å²) in [4.78, 5) is 7.29. The zero-order valence-electron chi connectivity index (χ0n) is 7.55. The smallest absolute Gasteiger partial charge is 0.412 e. The zero-order valence-corrected chi connectivity index (χ0v) is 8.37. The molecule has 80 valence electrons. The Morgan fingerprint density at radius 2 is 1.71 bits per heavy atom. The van der Waals surface area contributed by atoms with Gasteiger partial charge in [-0.15, -0.1) is 0 Å². The fourth-order valence-electron chi connectivity index (χ4n) is 0.825. The van der Waals surface area contributed by atoms with Gasteiger partial charge in [-0.1, -0.05) is 0 Å². The summed E-state index contributed by atoms with van der Waals surface area (Å²) in [7, 11) is -4.54. The molecule has 0 atom stereocenters. The molecule has 8 heteroatoms. The van der Waals surface area contributed by atoms with Crippen LogP contribution in [0, 0.1) is 13.8 Å². The van der Waals surface area contributed by atoms with E-state index in [9.17, 15) is 8.42 Å². The second-order valence-electron chi connectivity index (χ2n) is 2.44. The van der Waals surface area contributed by atoms with Crippen molar-refractivity contribution in [2.45, 2.75) is 13.8 Å². The Hall–Kier alpha value is -1.25. The van der Waals surface area contributed by atoms with Crippen molar-refractivity contribution in [3.8, 4) is 6.01 Å². The van der Waals surface area contributed by atoms with Gasteiger partial charge in [0.25, 0.3) is 0 Å². The lowest BCUT2D eigenvalue weighted by Gasteiger charge is -2.00. The number of aryl methyl sites for hydroxylation is 2. The molecule has 0 aliphatic heterocycles. The third-order valence-electron chi connectivity index (χ3n) is 1.14. The van der Waals surface area contributed by atoms with E-state index in [-0.39, 0.29) is 11.5 Å². The third kappa shape index (κ3) is 4.12. The van der Waals surface area contributed by atoms with Crippen molar-refractivity contribution in [2.24, 2.45) is 0 Å². The summed E-state index contributed by atoms with van der Waals surface area (Å²) in [6, 6.07) is 1.27. The van der Waals surface area contributed by atoms with Crippen LogP contribution in [-0.2, 0) is 10.4 Å². The van der Waals surface area contributed by atoms with E-state index in [1.165, 1.54) is 0 Å². The number of aromatic nitrogens is 2. The van der Waals surface area contributed by atoms with Crippen LogP contribution in [0.3, 0.4) is 0 Å². The minimum absolute atomic E-state index is 0. The molecular weight excluding hydrogens is 212 g/mol. The lowest BCUT2D eigenvalue weighted by atomic mass is 10.4. The van der Waals surface area contributed by atoms with Crippen LogP contribution in [0.1, 0.15) is 11.4 Å². The van der Waals surface area contributed by atoms with Gasteiger partial charge in [-0.25, -0.2) is 0 Å². The Bertz CT molecular complexity index is 396. The van der Waals surface area contributed by atoms with E-state index in [1.54, 1.807) is 19.9 Å². The van der Waals surface area contributed by atoms with Crippen LogP contribution in [0.15, 0.2) is 6.07 Å². The molecule has 0 aliphatic carbocycles. The molecule has 0 fully saturated rings. The molecule has 3 N–H and O–H groups in total. The summed E-state index contributed by atoms with van der Waals surface area (Å²) >= 11 is 0. The summed E-state index contributed by atoms with van der Waals surface area (Å²) in [6.45, 7) is 3.32. The summed E-state index contributed by atoms with van der Waals surface area (Å²) in [5, 5.41) is 0. The van der Waals surface area contributed by atoms with E-state index < -0.39 is 10.4 Å². The second kappa shape index (κ2) is 4.31. The van der Waals surface area contributed by atoms with Crippen LogP contribution >= 0.6 is 0 Å². The quantitative estimate of drug-likeness (QED) is 0.670. The maximum Gasteiger partial charge on any atom is 0.449 e. The lowest BCUT2D eigenvalue weighted by molar-refractivity contribution is 0.373. The molecule has 1 rings (SSSR count). The lowest BCUT2D eigenvalue weighted by Crippen LogP contribution is -2.09. The van der Waals surface area contributed by atoms with E-state index in [4.69, 9.17) is 4.55 Å². The predicted octanol–water partition coefficient (Wildman–Crippen LogP) is -0.550. The summed E-state index contributed by atoms with van der Waals surface area (Å²) < 4.78 is 32.9. The highest BCUT2D eigenvalue weighted by molar-refractivity contribution is 7.81. The van der Waals surface area contributed by atoms with Gasteiger partial charge in [0, 0.05) is 11.4 Å². The van der Waals surface area contributed by atoms with Crippen LogP contribution < -0.4 is 4.18 Å². The Balaban J connectivity index is 0.00000169. The van der Waals surface area contributed by atoms with Crippen LogP contribution in [0.25, 0.3) is 0 Å². The highest BCUT2D eigenvalue weighted by Gasteiger charge is 2.09. The molecule has 7 nitrogen and oxygen atoms in total. The fraction of sp³-hybridized carbons (Fsp3) is 0.333. The Morgan fingerprint density at radius 1 is 1.29 bits per heavy atom. The normalized spacial score (nSPS) is 10.5.